The van der Waals surface area contributed by atoms with Crippen LogP contribution in [0.1, 0.15) is 16.1 Å². The lowest BCUT2D eigenvalue weighted by Crippen LogP contribution is -2.29. The molecular weight excluding hydrogens is 286 g/mol. The minimum absolute atomic E-state index is 0.109. The molecule has 0 spiro atoms. The average Bonchev–Trinajstić information content (AvgIpc) is 2.93. The van der Waals surface area contributed by atoms with Gasteiger partial charge in [-0.05, 0) is 6.07 Å². The molecule has 0 aliphatic carbocycles. The van der Waals surface area contributed by atoms with Gasteiger partial charge in [0, 0.05) is 12.3 Å². The summed E-state index contributed by atoms with van der Waals surface area (Å²) in [6, 6.07) is 0.342. The van der Waals surface area contributed by atoms with Crippen molar-refractivity contribution in [1.82, 2.24) is 15.3 Å². The second kappa shape index (κ2) is 5.99. The smallest absolute Gasteiger partial charge is 0.337 e. The maximum atomic E-state index is 13.1. The van der Waals surface area contributed by atoms with Crippen LogP contribution < -0.4 is 10.6 Å². The largest absolute Gasteiger partial charge is 0.478 e. The summed E-state index contributed by atoms with van der Waals surface area (Å²) in [5.74, 6) is -4.06. The van der Waals surface area contributed by atoms with Crippen LogP contribution in [0, 0.1) is 11.6 Å². The summed E-state index contributed by atoms with van der Waals surface area (Å²) in [5.41, 5.74) is -0.275. The van der Waals surface area contributed by atoms with Crippen LogP contribution in [0.4, 0.5) is 19.3 Å². The number of nitrogens with one attached hydrogen (secondary N) is 3. The summed E-state index contributed by atoms with van der Waals surface area (Å²) in [5, 5.41) is 13.5. The fraction of sp³-hybridized carbons (Fsp3) is 0.0833. The number of nitrogens with zero attached hydrogens (tertiary/aromatic N) is 1. The number of hydrogen-bond donors (Lipinski definition) is 4. The lowest BCUT2D eigenvalue weighted by molar-refractivity contribution is 0.0697. The van der Waals surface area contributed by atoms with E-state index in [2.05, 4.69) is 20.6 Å². The van der Waals surface area contributed by atoms with E-state index in [4.69, 9.17) is 5.11 Å². The molecule has 0 aliphatic rings. The minimum atomic E-state index is -1.49. The van der Waals surface area contributed by atoms with Gasteiger partial charge in [-0.15, -0.1) is 0 Å². The summed E-state index contributed by atoms with van der Waals surface area (Å²) in [4.78, 5) is 29.0. The number of hydrogen-bond acceptors (Lipinski definition) is 3. The molecule has 0 atom stereocenters. The molecule has 2 amide bonds. The highest BCUT2D eigenvalue weighted by atomic mass is 19.2. The molecule has 2 aromatic rings. The molecule has 0 aliphatic heterocycles. The molecule has 9 heteroatoms. The maximum absolute atomic E-state index is 13.1. The number of imidazole rings is 1. The number of carboxylic acids is 1. The summed E-state index contributed by atoms with van der Waals surface area (Å²) in [6.45, 7) is 0.109. The van der Waals surface area contributed by atoms with Gasteiger partial charge in [-0.3, -0.25) is 0 Å². The molecule has 1 aromatic carbocycles. The van der Waals surface area contributed by atoms with E-state index < -0.39 is 29.2 Å². The molecule has 0 radical (unpaired) electrons. The monoisotopic (exact) mass is 296 g/mol. The molecule has 0 fully saturated rings. The van der Waals surface area contributed by atoms with Gasteiger partial charge in [0.1, 0.15) is 0 Å². The normalized spacial score (nSPS) is 10.2. The number of halogens is 2. The predicted molar refractivity (Wildman–Crippen MR) is 67.8 cm³/mol. The minimum Gasteiger partial charge on any atom is -0.478 e. The van der Waals surface area contributed by atoms with Gasteiger partial charge in [-0.1, -0.05) is 0 Å². The van der Waals surface area contributed by atoms with Crippen LogP contribution in [0.3, 0.4) is 0 Å². The number of aromatic nitrogens is 2. The van der Waals surface area contributed by atoms with Gasteiger partial charge in [-0.2, -0.15) is 0 Å². The molecule has 0 unspecified atom stereocenters. The van der Waals surface area contributed by atoms with E-state index in [1.54, 1.807) is 0 Å². The van der Waals surface area contributed by atoms with Gasteiger partial charge in [-0.25, -0.2) is 23.4 Å². The molecule has 4 N–H and O–H groups in total. The summed E-state index contributed by atoms with van der Waals surface area (Å²) in [7, 11) is 0. The van der Waals surface area contributed by atoms with E-state index in [-0.39, 0.29) is 12.2 Å². The maximum Gasteiger partial charge on any atom is 0.337 e. The van der Waals surface area contributed by atoms with Gasteiger partial charge in [0.25, 0.3) is 0 Å². The predicted octanol–water partition coefficient (Wildman–Crippen LogP) is 1.71. The number of H-pyrrole nitrogens is 1. The van der Waals surface area contributed by atoms with Crippen molar-refractivity contribution in [3.63, 3.8) is 0 Å². The fourth-order valence-electron chi connectivity index (χ4n) is 1.55. The number of carbonyl (C=O) groups is 2. The van der Waals surface area contributed by atoms with E-state index in [0.29, 0.717) is 17.8 Å². The van der Waals surface area contributed by atoms with Gasteiger partial charge in [0.15, 0.2) is 11.6 Å². The van der Waals surface area contributed by atoms with Crippen LogP contribution in [-0.2, 0) is 6.54 Å². The zero-order chi connectivity index (χ0) is 15.4. The summed E-state index contributed by atoms with van der Waals surface area (Å²) < 4.78 is 26.1. The Morgan fingerprint density at radius 1 is 1.29 bits per heavy atom. The first-order chi connectivity index (χ1) is 9.97. The first-order valence-electron chi connectivity index (χ1n) is 5.72. The number of carboxylic acid groups (broad SMARTS) is 1. The van der Waals surface area contributed by atoms with Crippen molar-refractivity contribution in [3.05, 3.63) is 47.5 Å². The van der Waals surface area contributed by atoms with E-state index in [1.165, 1.54) is 12.5 Å². The Kier molecular flexibility index (Phi) is 4.12. The van der Waals surface area contributed by atoms with Crippen LogP contribution in [0.5, 0.6) is 0 Å². The van der Waals surface area contributed by atoms with E-state index >= 15 is 0 Å². The van der Waals surface area contributed by atoms with Gasteiger partial charge in [0.2, 0.25) is 0 Å². The molecule has 1 aromatic heterocycles. The number of anilines is 1. The second-order valence-corrected chi connectivity index (χ2v) is 4.00. The van der Waals surface area contributed by atoms with Crippen LogP contribution in [-0.4, -0.2) is 27.1 Å². The first-order valence-corrected chi connectivity index (χ1v) is 5.72. The van der Waals surface area contributed by atoms with Crippen LogP contribution in [0.15, 0.2) is 24.7 Å². The van der Waals surface area contributed by atoms with Gasteiger partial charge < -0.3 is 20.7 Å². The fourth-order valence-corrected chi connectivity index (χ4v) is 1.55. The van der Waals surface area contributed by atoms with Crippen molar-refractivity contribution in [2.24, 2.45) is 0 Å². The lowest BCUT2D eigenvalue weighted by atomic mass is 10.1. The number of urea groups is 1. The standard InChI is InChI=1S/C12H10F2N4O3/c13-8-1-7(11(19)20)10(2-9(8)14)18-12(21)16-4-6-3-15-5-17-6/h1-3,5H,4H2,(H,15,17)(H,19,20)(H2,16,18,21). The highest BCUT2D eigenvalue weighted by Gasteiger charge is 2.17. The quantitative estimate of drug-likeness (QED) is 0.689. The van der Waals surface area contributed by atoms with Crippen LogP contribution in [0.25, 0.3) is 0 Å². The van der Waals surface area contributed by atoms with Crippen LogP contribution >= 0.6 is 0 Å². The van der Waals surface area contributed by atoms with Crippen molar-refractivity contribution in [2.45, 2.75) is 6.54 Å². The van der Waals surface area contributed by atoms with Crippen molar-refractivity contribution < 1.29 is 23.5 Å². The molecular formula is C12H10F2N4O3. The number of amides is 2. The third-order valence-corrected chi connectivity index (χ3v) is 2.53. The topological polar surface area (TPSA) is 107 Å². The van der Waals surface area contributed by atoms with E-state index in [9.17, 15) is 18.4 Å². The second-order valence-electron chi connectivity index (χ2n) is 4.00. The Morgan fingerprint density at radius 3 is 2.62 bits per heavy atom. The molecule has 0 bridgehead atoms. The third-order valence-electron chi connectivity index (χ3n) is 2.53. The van der Waals surface area contributed by atoms with Crippen molar-refractivity contribution in [3.8, 4) is 0 Å². The van der Waals surface area contributed by atoms with Gasteiger partial charge in [0.05, 0.1) is 29.8 Å². The van der Waals surface area contributed by atoms with E-state index in [1.807, 2.05) is 0 Å². The van der Waals surface area contributed by atoms with E-state index in [0.717, 1.165) is 0 Å². The molecule has 0 saturated heterocycles. The summed E-state index contributed by atoms with van der Waals surface area (Å²) in [6.07, 6.45) is 2.91. The average molecular weight is 296 g/mol. The zero-order valence-corrected chi connectivity index (χ0v) is 10.5. The Balaban J connectivity index is 2.09. The number of aromatic amines is 1. The van der Waals surface area contributed by atoms with Crippen molar-refractivity contribution in [1.29, 1.82) is 0 Å². The number of aromatic carboxylic acids is 1. The van der Waals surface area contributed by atoms with Crippen LogP contribution in [0.2, 0.25) is 0 Å². The van der Waals surface area contributed by atoms with Crippen molar-refractivity contribution in [2.75, 3.05) is 5.32 Å². The Bertz CT molecular complexity index is 673. The zero-order valence-electron chi connectivity index (χ0n) is 10.5. The molecule has 0 saturated carbocycles. The molecule has 2 rings (SSSR count). The highest BCUT2D eigenvalue weighted by molar-refractivity contribution is 6.00. The molecule has 1 heterocycles. The SMILES string of the molecule is O=C(NCc1cnc[nH]1)Nc1cc(F)c(F)cc1C(=O)O. The highest BCUT2D eigenvalue weighted by Crippen LogP contribution is 2.20. The number of rotatable bonds is 4. The lowest BCUT2D eigenvalue weighted by Gasteiger charge is -2.10. The molecule has 21 heavy (non-hydrogen) atoms. The first kappa shape index (κ1) is 14.4. The Morgan fingerprint density at radius 2 is 2.00 bits per heavy atom. The number of carbonyl (C=O) groups excluding carboxylic acids is 1. The van der Waals surface area contributed by atoms with Crippen molar-refractivity contribution >= 4 is 17.7 Å². The molecule has 110 valence electrons. The third kappa shape index (κ3) is 3.53. The number of benzene rings is 1. The Labute approximate surface area is 117 Å². The van der Waals surface area contributed by atoms with Gasteiger partial charge >= 0.3 is 12.0 Å². The molecule has 7 nitrogen and oxygen atoms in total. The Hall–Kier alpha value is -2.97. The summed E-state index contributed by atoms with van der Waals surface area (Å²) >= 11 is 0.